The number of carbonyl (C=O) groups is 4. The lowest BCUT2D eigenvalue weighted by Crippen LogP contribution is -2.39. The van der Waals surface area contributed by atoms with Crippen LogP contribution in [-0.4, -0.2) is 81.7 Å². The van der Waals surface area contributed by atoms with E-state index in [2.05, 4.69) is 20.1 Å². The third-order valence-corrected chi connectivity index (χ3v) is 16.3. The quantitative estimate of drug-likeness (QED) is 0.153. The lowest BCUT2D eigenvalue weighted by Gasteiger charge is -2.46. The van der Waals surface area contributed by atoms with Gasteiger partial charge in [-0.25, -0.2) is 4.79 Å². The highest BCUT2D eigenvalue weighted by Crippen LogP contribution is 2.49. The van der Waals surface area contributed by atoms with Crippen LogP contribution < -0.4 is 0 Å². The molecule has 2 saturated carbocycles. The summed E-state index contributed by atoms with van der Waals surface area (Å²) >= 11 is 7.32. The molecule has 2 aromatic rings. The zero-order valence-corrected chi connectivity index (χ0v) is 34.4. The topological polar surface area (TPSA) is 86.7 Å². The molecular weight excluding hydrogens is 717 g/mol. The van der Waals surface area contributed by atoms with Crippen LogP contribution in [0.15, 0.2) is 48.5 Å². The van der Waals surface area contributed by atoms with E-state index in [0.29, 0.717) is 44.9 Å². The van der Waals surface area contributed by atoms with Crippen molar-refractivity contribution in [3.05, 3.63) is 70.8 Å². The standard InChI is InChI=1S/C25H36O4.C16H20O2S4.2H2/c1-17(26)18-6-5-7-19(16-18)24(27)29-23-14-10-21(11-15-23)25(2,3)20-8-12-22(28-4)13-9-20;1-11(17)12-4-3-5-13(6-12)16(18)22-10-15-9-20-14(7-19-2)8-21-15;;/h5-7,16,20-23H,8-15H2,1-4H3;3-6,14-15H,7-10H2,1-2H3;2*1H. The predicted octanol–water partition coefficient (Wildman–Crippen LogP) is 10.7. The van der Waals surface area contributed by atoms with Gasteiger partial charge in [-0.1, -0.05) is 55.9 Å². The normalized spacial score (nSPS) is 25.2. The van der Waals surface area contributed by atoms with E-state index < -0.39 is 0 Å². The van der Waals surface area contributed by atoms with E-state index in [1.165, 1.54) is 62.8 Å². The second kappa shape index (κ2) is 20.7. The zero-order chi connectivity index (χ0) is 37.0. The minimum Gasteiger partial charge on any atom is -0.459 e. The van der Waals surface area contributed by atoms with Crippen LogP contribution in [0, 0.1) is 17.3 Å². The summed E-state index contributed by atoms with van der Waals surface area (Å²) in [5.74, 6) is 5.47. The van der Waals surface area contributed by atoms with Gasteiger partial charge in [0.1, 0.15) is 6.10 Å². The minimum atomic E-state index is -0.311. The maximum absolute atomic E-state index is 12.5. The Balaban J connectivity index is 0.000000366. The number of carbonyl (C=O) groups excluding carboxylic acids is 4. The molecule has 284 valence electrons. The number of ether oxygens (including phenoxy) is 2. The Hall–Kier alpha value is -1.72. The first-order valence-electron chi connectivity index (χ1n) is 18.3. The van der Waals surface area contributed by atoms with Crippen molar-refractivity contribution < 1.29 is 31.5 Å². The Morgan fingerprint density at radius 2 is 1.20 bits per heavy atom. The molecule has 0 radical (unpaired) electrons. The predicted molar refractivity (Wildman–Crippen MR) is 222 cm³/mol. The molecule has 0 amide bonds. The van der Waals surface area contributed by atoms with Gasteiger partial charge >= 0.3 is 5.97 Å². The molecule has 2 aromatic carbocycles. The van der Waals surface area contributed by atoms with Crippen LogP contribution in [0.5, 0.6) is 0 Å². The van der Waals surface area contributed by atoms with Gasteiger partial charge in [-0.2, -0.15) is 35.3 Å². The Kier molecular flexibility index (Phi) is 17.0. The number of ketones is 2. The van der Waals surface area contributed by atoms with Gasteiger partial charge in [0.15, 0.2) is 11.6 Å². The Labute approximate surface area is 325 Å². The molecule has 2 atom stereocenters. The van der Waals surface area contributed by atoms with Crippen LogP contribution in [0.4, 0.5) is 0 Å². The van der Waals surface area contributed by atoms with Crippen LogP contribution >= 0.6 is 47.0 Å². The Morgan fingerprint density at radius 3 is 1.69 bits per heavy atom. The molecule has 0 spiro atoms. The summed E-state index contributed by atoms with van der Waals surface area (Å²) in [6, 6.07) is 13.9. The Morgan fingerprint density at radius 1 is 0.725 bits per heavy atom. The van der Waals surface area contributed by atoms with E-state index in [4.69, 9.17) is 9.47 Å². The van der Waals surface area contributed by atoms with E-state index in [-0.39, 0.29) is 31.6 Å². The maximum Gasteiger partial charge on any atom is 0.338 e. The van der Waals surface area contributed by atoms with E-state index >= 15 is 0 Å². The molecular formula is C41H60O6S4. The van der Waals surface area contributed by atoms with Crippen molar-refractivity contribution in [2.45, 2.75) is 102 Å². The lowest BCUT2D eigenvalue weighted by molar-refractivity contribution is -0.0187. The van der Waals surface area contributed by atoms with Gasteiger partial charge in [0, 0.05) is 60.2 Å². The fourth-order valence-electron chi connectivity index (χ4n) is 7.46. The van der Waals surface area contributed by atoms with Crippen LogP contribution in [0.3, 0.4) is 0 Å². The number of hydrogen-bond donors (Lipinski definition) is 0. The van der Waals surface area contributed by atoms with Crippen LogP contribution in [0.2, 0.25) is 0 Å². The molecule has 1 heterocycles. The molecule has 2 aliphatic carbocycles. The van der Waals surface area contributed by atoms with Crippen LogP contribution in [-0.2, 0) is 9.47 Å². The average molecular weight is 777 g/mol. The van der Waals surface area contributed by atoms with E-state index in [0.717, 1.165) is 48.4 Å². The molecule has 5 rings (SSSR count). The molecule has 6 nitrogen and oxygen atoms in total. The third-order valence-electron chi connectivity index (χ3n) is 10.9. The third kappa shape index (κ3) is 12.7. The summed E-state index contributed by atoms with van der Waals surface area (Å²) in [7, 11) is 1.83. The van der Waals surface area contributed by atoms with Gasteiger partial charge in [0.05, 0.1) is 11.7 Å². The van der Waals surface area contributed by atoms with Crippen molar-refractivity contribution in [3.8, 4) is 0 Å². The molecule has 0 aromatic heterocycles. The zero-order valence-electron chi connectivity index (χ0n) is 31.2. The molecule has 10 heteroatoms. The van der Waals surface area contributed by atoms with Crippen molar-refractivity contribution in [1.29, 1.82) is 0 Å². The monoisotopic (exact) mass is 776 g/mol. The number of benzene rings is 2. The fourth-order valence-corrected chi connectivity index (χ4v) is 12.8. The number of Topliss-reactive ketones (excluding diaryl/α,β-unsaturated/α-hetero) is 2. The first-order valence-corrected chi connectivity index (χ1v) is 22.7. The van der Waals surface area contributed by atoms with E-state index in [1.54, 1.807) is 48.5 Å². The van der Waals surface area contributed by atoms with Gasteiger partial charge in [-0.05, 0) is 107 Å². The molecule has 51 heavy (non-hydrogen) atoms. The van der Waals surface area contributed by atoms with Crippen molar-refractivity contribution >= 4 is 69.7 Å². The lowest BCUT2D eigenvalue weighted by atomic mass is 9.60. The summed E-state index contributed by atoms with van der Waals surface area (Å²) < 4.78 is 11.3. The van der Waals surface area contributed by atoms with Crippen molar-refractivity contribution in [2.24, 2.45) is 17.3 Å². The molecule has 0 N–H and O–H groups in total. The van der Waals surface area contributed by atoms with Crippen molar-refractivity contribution in [3.63, 3.8) is 0 Å². The van der Waals surface area contributed by atoms with E-state index in [9.17, 15) is 19.2 Å². The fraction of sp³-hybridized carbons (Fsp3) is 0.610. The molecule has 3 fully saturated rings. The molecule has 2 unspecified atom stereocenters. The number of rotatable bonds is 12. The van der Waals surface area contributed by atoms with Crippen molar-refractivity contribution in [1.82, 2.24) is 0 Å². The number of methoxy groups -OCH3 is 1. The number of esters is 1. The molecule has 3 aliphatic rings. The van der Waals surface area contributed by atoms with Gasteiger partial charge in [-0.15, -0.1) is 0 Å². The maximum atomic E-state index is 12.5. The second-order valence-electron chi connectivity index (χ2n) is 14.6. The number of thioether (sulfide) groups is 4. The van der Waals surface area contributed by atoms with Gasteiger partial charge in [-0.3, -0.25) is 14.4 Å². The summed E-state index contributed by atoms with van der Waals surface area (Å²) in [5, 5.41) is 1.37. The first-order chi connectivity index (χ1) is 24.4. The first kappa shape index (κ1) is 42.0. The molecule has 1 aliphatic heterocycles. The smallest absolute Gasteiger partial charge is 0.338 e. The average Bonchev–Trinajstić information content (AvgIpc) is 3.15. The molecule has 0 bridgehead atoms. The van der Waals surface area contributed by atoms with Crippen LogP contribution in [0.25, 0.3) is 0 Å². The van der Waals surface area contributed by atoms with Gasteiger partial charge in [0.2, 0.25) is 5.12 Å². The highest BCUT2D eigenvalue weighted by atomic mass is 32.2. The van der Waals surface area contributed by atoms with Gasteiger partial charge in [0.25, 0.3) is 0 Å². The summed E-state index contributed by atoms with van der Waals surface area (Å²) in [6.45, 7) is 7.91. The summed E-state index contributed by atoms with van der Waals surface area (Å²) in [6.07, 6.45) is 11.5. The largest absolute Gasteiger partial charge is 0.459 e. The van der Waals surface area contributed by atoms with Crippen molar-refractivity contribution in [2.75, 3.05) is 36.4 Å². The van der Waals surface area contributed by atoms with Crippen LogP contribution in [0.1, 0.15) is 123 Å². The Bertz CT molecular complexity index is 1470. The highest BCUT2D eigenvalue weighted by molar-refractivity contribution is 8.15. The highest BCUT2D eigenvalue weighted by Gasteiger charge is 2.41. The van der Waals surface area contributed by atoms with E-state index in [1.807, 2.05) is 42.4 Å². The minimum absolute atomic E-state index is 0. The summed E-state index contributed by atoms with van der Waals surface area (Å²) in [5.41, 5.74) is 2.58. The number of hydrogen-bond acceptors (Lipinski definition) is 10. The van der Waals surface area contributed by atoms with Gasteiger partial charge < -0.3 is 9.47 Å². The summed E-state index contributed by atoms with van der Waals surface area (Å²) in [4.78, 5) is 47.7. The molecule has 1 saturated heterocycles. The second-order valence-corrected chi connectivity index (χ2v) is 19.2. The SMILES string of the molecule is COC1CCC(C(C)(C)C2CCC(OC(=O)c3cccc(C(C)=O)c3)CC2)CC1.CSCC1CSC(CSC(=O)c2cccc(C(C)=O)c2)CS1.[HH].[HH].